The lowest BCUT2D eigenvalue weighted by Gasteiger charge is -2.15. The van der Waals surface area contributed by atoms with Crippen LogP contribution in [-0.4, -0.2) is 20.1 Å². The Bertz CT molecular complexity index is 1040. The summed E-state index contributed by atoms with van der Waals surface area (Å²) in [6.45, 7) is -0.308. The Balaban J connectivity index is 1.76. The normalized spacial score (nSPS) is 13.6. The van der Waals surface area contributed by atoms with Crippen molar-refractivity contribution >= 4 is 20.8 Å². The molecule has 0 aliphatic rings. The molecule has 0 heterocycles. The first-order valence-electron chi connectivity index (χ1n) is 8.01. The van der Waals surface area contributed by atoms with Gasteiger partial charge in [0.1, 0.15) is 0 Å². The van der Waals surface area contributed by atoms with Crippen molar-refractivity contribution in [3.05, 3.63) is 77.9 Å². The van der Waals surface area contributed by atoms with Crippen LogP contribution in [-0.2, 0) is 16.2 Å². The number of benzene rings is 3. The van der Waals surface area contributed by atoms with E-state index >= 15 is 0 Å². The number of fused-ring (bicyclic) bond motifs is 1. The van der Waals surface area contributed by atoms with Gasteiger partial charge in [-0.15, -0.1) is 0 Å². The molecule has 4 nitrogen and oxygen atoms in total. The second-order valence-electron chi connectivity index (χ2n) is 5.96. The topological polar surface area (TPSA) is 66.4 Å². The van der Waals surface area contributed by atoms with Gasteiger partial charge in [0.2, 0.25) is 10.0 Å². The summed E-state index contributed by atoms with van der Waals surface area (Å²) in [5.41, 5.74) is -0.375. The summed E-state index contributed by atoms with van der Waals surface area (Å²) in [7, 11) is -4.06. The van der Waals surface area contributed by atoms with Crippen LogP contribution in [0.25, 0.3) is 10.8 Å². The lowest BCUT2D eigenvalue weighted by atomic mass is 10.0. The third kappa shape index (κ3) is 4.29. The molecule has 0 bridgehead atoms. The van der Waals surface area contributed by atoms with Gasteiger partial charge in [0.05, 0.1) is 16.6 Å². The number of sulfonamides is 1. The quantitative estimate of drug-likeness (QED) is 0.689. The van der Waals surface area contributed by atoms with Crippen LogP contribution in [0.5, 0.6) is 0 Å². The molecule has 142 valence electrons. The Morgan fingerprint density at radius 1 is 0.926 bits per heavy atom. The maximum atomic E-state index is 12.6. The first kappa shape index (κ1) is 19.3. The highest BCUT2D eigenvalue weighted by Crippen LogP contribution is 2.30. The molecular weight excluding hydrogens is 379 g/mol. The molecule has 0 saturated heterocycles. The molecule has 2 N–H and O–H groups in total. The average molecular weight is 395 g/mol. The fraction of sp³-hybridized carbons (Fsp3) is 0.158. The zero-order chi connectivity index (χ0) is 19.7. The summed E-state index contributed by atoms with van der Waals surface area (Å²) in [6.07, 6.45) is -5.65. The Morgan fingerprint density at radius 2 is 1.56 bits per heavy atom. The molecule has 0 spiro atoms. The second kappa shape index (κ2) is 7.30. The molecule has 27 heavy (non-hydrogen) atoms. The Morgan fingerprint density at radius 3 is 2.22 bits per heavy atom. The monoisotopic (exact) mass is 395 g/mol. The van der Waals surface area contributed by atoms with Gasteiger partial charge in [0, 0.05) is 6.54 Å². The van der Waals surface area contributed by atoms with E-state index in [1.165, 1.54) is 0 Å². The fourth-order valence-electron chi connectivity index (χ4n) is 2.75. The van der Waals surface area contributed by atoms with E-state index in [0.717, 1.165) is 22.9 Å². The van der Waals surface area contributed by atoms with Crippen molar-refractivity contribution in [3.8, 4) is 0 Å². The molecule has 0 aliphatic carbocycles. The molecule has 3 rings (SSSR count). The Kier molecular flexibility index (Phi) is 5.23. The number of hydrogen-bond acceptors (Lipinski definition) is 3. The van der Waals surface area contributed by atoms with Crippen LogP contribution in [0.4, 0.5) is 13.2 Å². The number of halogens is 3. The van der Waals surface area contributed by atoms with Gasteiger partial charge in [-0.05, 0) is 40.6 Å². The summed E-state index contributed by atoms with van der Waals surface area (Å²) in [4.78, 5) is -0.305. The molecule has 0 aromatic heterocycles. The van der Waals surface area contributed by atoms with Crippen LogP contribution in [0.2, 0.25) is 0 Å². The van der Waals surface area contributed by atoms with Crippen LogP contribution in [0.3, 0.4) is 0 Å². The third-order valence-corrected chi connectivity index (χ3v) is 5.58. The van der Waals surface area contributed by atoms with E-state index < -0.39 is 27.9 Å². The van der Waals surface area contributed by atoms with Gasteiger partial charge in [0.25, 0.3) is 0 Å². The van der Waals surface area contributed by atoms with Crippen molar-refractivity contribution in [1.82, 2.24) is 4.72 Å². The number of hydrogen-bond donors (Lipinski definition) is 2. The average Bonchev–Trinajstić information content (AvgIpc) is 2.65. The maximum Gasteiger partial charge on any atom is 0.416 e. The van der Waals surface area contributed by atoms with E-state index in [4.69, 9.17) is 0 Å². The molecule has 1 atom stereocenters. The number of aliphatic hydroxyl groups excluding tert-OH is 1. The van der Waals surface area contributed by atoms with Gasteiger partial charge >= 0.3 is 6.18 Å². The second-order valence-corrected chi connectivity index (χ2v) is 7.73. The van der Waals surface area contributed by atoms with Gasteiger partial charge in [-0.3, -0.25) is 0 Å². The lowest BCUT2D eigenvalue weighted by Crippen LogP contribution is -2.28. The van der Waals surface area contributed by atoms with E-state index in [0.29, 0.717) is 17.7 Å². The van der Waals surface area contributed by atoms with E-state index in [-0.39, 0.29) is 11.4 Å². The highest BCUT2D eigenvalue weighted by atomic mass is 32.2. The van der Waals surface area contributed by atoms with E-state index in [1.54, 1.807) is 12.1 Å². The van der Waals surface area contributed by atoms with Crippen LogP contribution >= 0.6 is 0 Å². The summed E-state index contributed by atoms with van der Waals surface area (Å²) < 4.78 is 64.6. The molecule has 3 aromatic carbocycles. The molecule has 0 radical (unpaired) electrons. The summed E-state index contributed by atoms with van der Waals surface area (Å²) in [5.74, 6) is 0. The van der Waals surface area contributed by atoms with Gasteiger partial charge < -0.3 is 5.11 Å². The van der Waals surface area contributed by atoms with Crippen molar-refractivity contribution in [2.45, 2.75) is 17.2 Å². The van der Waals surface area contributed by atoms with Crippen LogP contribution < -0.4 is 4.72 Å². The van der Waals surface area contributed by atoms with Crippen molar-refractivity contribution in [2.24, 2.45) is 0 Å². The van der Waals surface area contributed by atoms with Crippen LogP contribution in [0.1, 0.15) is 17.2 Å². The molecule has 0 saturated carbocycles. The number of aliphatic hydroxyl groups is 1. The first-order valence-corrected chi connectivity index (χ1v) is 9.49. The molecule has 0 aliphatic heterocycles. The molecular formula is C19H16F3NO3S. The van der Waals surface area contributed by atoms with E-state index in [2.05, 4.69) is 4.72 Å². The van der Waals surface area contributed by atoms with Gasteiger partial charge in [-0.25, -0.2) is 13.1 Å². The Labute approximate surface area is 154 Å². The standard InChI is InChI=1S/C19H16F3NO3S/c20-19(21,22)14-8-10-15(11-9-14)27(25,26)23-12-18(24)17-7-3-5-13-4-1-2-6-16(13)17/h1-11,18,23-24H,12H2/t18-/m1/s1. The van der Waals surface area contributed by atoms with Gasteiger partial charge in [0.15, 0.2) is 0 Å². The summed E-state index contributed by atoms with van der Waals surface area (Å²) in [6, 6.07) is 15.9. The third-order valence-electron chi connectivity index (χ3n) is 4.14. The maximum absolute atomic E-state index is 12.6. The molecule has 8 heteroatoms. The molecule has 0 fully saturated rings. The number of rotatable bonds is 5. The highest BCUT2D eigenvalue weighted by Gasteiger charge is 2.30. The van der Waals surface area contributed by atoms with E-state index in [9.17, 15) is 26.7 Å². The van der Waals surface area contributed by atoms with Crippen LogP contribution in [0.15, 0.2) is 71.6 Å². The predicted octanol–water partition coefficient (Wildman–Crippen LogP) is 3.87. The highest BCUT2D eigenvalue weighted by molar-refractivity contribution is 7.89. The largest absolute Gasteiger partial charge is 0.416 e. The summed E-state index contributed by atoms with van der Waals surface area (Å²) in [5, 5.41) is 12.1. The zero-order valence-corrected chi connectivity index (χ0v) is 14.8. The molecule has 3 aromatic rings. The van der Waals surface area contributed by atoms with Gasteiger partial charge in [-0.1, -0.05) is 42.5 Å². The van der Waals surface area contributed by atoms with Crippen molar-refractivity contribution in [1.29, 1.82) is 0 Å². The van der Waals surface area contributed by atoms with Crippen molar-refractivity contribution < 1.29 is 26.7 Å². The van der Waals surface area contributed by atoms with E-state index in [1.807, 2.05) is 30.3 Å². The number of nitrogens with one attached hydrogen (secondary N) is 1. The van der Waals surface area contributed by atoms with Crippen molar-refractivity contribution in [2.75, 3.05) is 6.54 Å². The molecule has 0 amide bonds. The summed E-state index contributed by atoms with van der Waals surface area (Å²) >= 11 is 0. The zero-order valence-electron chi connectivity index (χ0n) is 13.9. The predicted molar refractivity (Wildman–Crippen MR) is 95.5 cm³/mol. The minimum absolute atomic E-state index is 0.305. The fourth-order valence-corrected chi connectivity index (χ4v) is 3.78. The van der Waals surface area contributed by atoms with Crippen LogP contribution in [0, 0.1) is 0 Å². The SMILES string of the molecule is O=S(=O)(NC[C@@H](O)c1cccc2ccccc12)c1ccc(C(F)(F)F)cc1. The molecule has 0 unspecified atom stereocenters. The minimum Gasteiger partial charge on any atom is -0.387 e. The smallest absolute Gasteiger partial charge is 0.387 e. The Hall–Kier alpha value is -2.42. The number of alkyl halides is 3. The first-order chi connectivity index (χ1) is 12.7. The van der Waals surface area contributed by atoms with Crippen molar-refractivity contribution in [3.63, 3.8) is 0 Å². The minimum atomic E-state index is -4.54. The van der Waals surface area contributed by atoms with Gasteiger partial charge in [-0.2, -0.15) is 13.2 Å². The lowest BCUT2D eigenvalue weighted by molar-refractivity contribution is -0.137.